The minimum Gasteiger partial charge on any atom is -0.307 e. The summed E-state index contributed by atoms with van der Waals surface area (Å²) in [5, 5.41) is 20.4. The number of carbonyl (C=O) groups is 1. The predicted octanol–water partition coefficient (Wildman–Crippen LogP) is 3.92. The Morgan fingerprint density at radius 3 is 2.52 bits per heavy atom. The molecule has 0 aliphatic heterocycles. The highest BCUT2D eigenvalue weighted by molar-refractivity contribution is 9.10. The van der Waals surface area contributed by atoms with Crippen molar-refractivity contribution >= 4 is 27.7 Å². The molecule has 0 aliphatic rings. The molecule has 1 aromatic carbocycles. The van der Waals surface area contributed by atoms with Gasteiger partial charge in [0.25, 0.3) is 5.91 Å². The van der Waals surface area contributed by atoms with Gasteiger partial charge in [-0.15, -0.1) is 0 Å². The standard InChI is InChI=1S/C19H19BrN6O/c1-12-11-17(25(23-12)10-4-9-21)22-19(27)15-5-7-16(8-6-15)26-14(3)18(20)13(2)24-26/h5-8,11H,4,10H2,1-3H3,(H,22,27). The third kappa shape index (κ3) is 3.93. The van der Waals surface area contributed by atoms with Gasteiger partial charge in [0.15, 0.2) is 0 Å². The lowest BCUT2D eigenvalue weighted by atomic mass is 10.2. The van der Waals surface area contributed by atoms with E-state index in [4.69, 9.17) is 5.26 Å². The number of rotatable bonds is 5. The van der Waals surface area contributed by atoms with Crippen LogP contribution in [-0.4, -0.2) is 25.5 Å². The zero-order chi connectivity index (χ0) is 19.6. The molecule has 2 heterocycles. The first-order valence-electron chi connectivity index (χ1n) is 8.45. The Morgan fingerprint density at radius 1 is 1.22 bits per heavy atom. The summed E-state index contributed by atoms with van der Waals surface area (Å²) < 4.78 is 4.45. The monoisotopic (exact) mass is 426 g/mol. The number of halogens is 1. The van der Waals surface area contributed by atoms with Crippen LogP contribution >= 0.6 is 15.9 Å². The molecule has 0 radical (unpaired) electrons. The van der Waals surface area contributed by atoms with Crippen LogP contribution in [0.2, 0.25) is 0 Å². The molecule has 0 saturated carbocycles. The van der Waals surface area contributed by atoms with Gasteiger partial charge in [-0.3, -0.25) is 4.79 Å². The van der Waals surface area contributed by atoms with Gasteiger partial charge in [-0.25, -0.2) is 9.36 Å². The minimum atomic E-state index is -0.228. The molecule has 138 valence electrons. The number of aryl methyl sites for hydroxylation is 3. The molecule has 0 atom stereocenters. The fourth-order valence-corrected chi connectivity index (χ4v) is 3.04. The van der Waals surface area contributed by atoms with Gasteiger partial charge in [-0.05, 0) is 61.0 Å². The minimum absolute atomic E-state index is 0.228. The van der Waals surface area contributed by atoms with Crippen molar-refractivity contribution in [3.05, 3.63) is 57.4 Å². The molecule has 0 aliphatic carbocycles. The number of carbonyl (C=O) groups excluding carboxylic acids is 1. The predicted molar refractivity (Wildman–Crippen MR) is 106 cm³/mol. The first-order valence-corrected chi connectivity index (χ1v) is 9.25. The number of anilines is 1. The van der Waals surface area contributed by atoms with Gasteiger partial charge in [0.05, 0.1) is 46.3 Å². The quantitative estimate of drug-likeness (QED) is 0.669. The fraction of sp³-hybridized carbons (Fsp3) is 0.263. The summed E-state index contributed by atoms with van der Waals surface area (Å²) in [4.78, 5) is 12.6. The van der Waals surface area contributed by atoms with Gasteiger partial charge in [0.1, 0.15) is 5.82 Å². The Bertz CT molecular complexity index is 1030. The van der Waals surface area contributed by atoms with Crippen molar-refractivity contribution in [2.24, 2.45) is 0 Å². The highest BCUT2D eigenvalue weighted by atomic mass is 79.9. The van der Waals surface area contributed by atoms with E-state index in [0.717, 1.165) is 27.2 Å². The van der Waals surface area contributed by atoms with Crippen LogP contribution in [0.3, 0.4) is 0 Å². The molecule has 0 bridgehead atoms. The third-order valence-corrected chi connectivity index (χ3v) is 5.30. The third-order valence-electron chi connectivity index (χ3n) is 4.16. The van der Waals surface area contributed by atoms with E-state index in [0.29, 0.717) is 24.3 Å². The van der Waals surface area contributed by atoms with E-state index >= 15 is 0 Å². The van der Waals surface area contributed by atoms with E-state index in [1.54, 1.807) is 22.9 Å². The van der Waals surface area contributed by atoms with E-state index in [-0.39, 0.29) is 5.91 Å². The van der Waals surface area contributed by atoms with E-state index < -0.39 is 0 Å². The smallest absolute Gasteiger partial charge is 0.256 e. The first kappa shape index (κ1) is 18.9. The average Bonchev–Trinajstić information content (AvgIpc) is 3.13. The van der Waals surface area contributed by atoms with Gasteiger partial charge in [0, 0.05) is 11.6 Å². The van der Waals surface area contributed by atoms with E-state index in [1.165, 1.54) is 0 Å². The molecule has 0 fully saturated rings. The van der Waals surface area contributed by atoms with Crippen molar-refractivity contribution in [2.45, 2.75) is 33.7 Å². The lowest BCUT2D eigenvalue weighted by Gasteiger charge is -2.09. The van der Waals surface area contributed by atoms with Gasteiger partial charge in [-0.1, -0.05) is 0 Å². The summed E-state index contributed by atoms with van der Waals surface area (Å²) in [5.41, 5.74) is 4.11. The number of nitrogens with zero attached hydrogens (tertiary/aromatic N) is 5. The normalized spacial score (nSPS) is 10.6. The second-order valence-corrected chi connectivity index (χ2v) is 6.99. The van der Waals surface area contributed by atoms with Gasteiger partial charge in [-0.2, -0.15) is 15.5 Å². The second kappa shape index (κ2) is 7.76. The second-order valence-electron chi connectivity index (χ2n) is 6.20. The molecule has 27 heavy (non-hydrogen) atoms. The van der Waals surface area contributed by atoms with E-state index in [2.05, 4.69) is 37.5 Å². The molecule has 0 saturated heterocycles. The molecular weight excluding hydrogens is 408 g/mol. The Kier molecular flexibility index (Phi) is 5.42. The highest BCUT2D eigenvalue weighted by Gasteiger charge is 2.13. The summed E-state index contributed by atoms with van der Waals surface area (Å²) in [7, 11) is 0. The Balaban J connectivity index is 1.79. The van der Waals surface area contributed by atoms with Gasteiger partial charge >= 0.3 is 0 Å². The number of aromatic nitrogens is 4. The fourth-order valence-electron chi connectivity index (χ4n) is 2.79. The number of hydrogen-bond acceptors (Lipinski definition) is 4. The molecule has 3 rings (SSSR count). The topological polar surface area (TPSA) is 88.5 Å². The summed E-state index contributed by atoms with van der Waals surface area (Å²) in [6.07, 6.45) is 0.330. The van der Waals surface area contributed by atoms with Crippen LogP contribution in [0, 0.1) is 32.1 Å². The average molecular weight is 427 g/mol. The Labute approximate surface area is 165 Å². The summed E-state index contributed by atoms with van der Waals surface area (Å²) in [5.74, 6) is 0.355. The largest absolute Gasteiger partial charge is 0.307 e. The van der Waals surface area contributed by atoms with Crippen molar-refractivity contribution in [1.82, 2.24) is 19.6 Å². The summed E-state index contributed by atoms with van der Waals surface area (Å²) >= 11 is 3.52. The van der Waals surface area contributed by atoms with Crippen LogP contribution in [0.5, 0.6) is 0 Å². The maximum absolute atomic E-state index is 12.6. The summed E-state index contributed by atoms with van der Waals surface area (Å²) in [6.45, 7) is 6.20. The van der Waals surface area contributed by atoms with Crippen molar-refractivity contribution in [1.29, 1.82) is 5.26 Å². The number of benzene rings is 1. The maximum Gasteiger partial charge on any atom is 0.256 e. The zero-order valence-corrected chi connectivity index (χ0v) is 16.9. The Morgan fingerprint density at radius 2 is 1.93 bits per heavy atom. The van der Waals surface area contributed by atoms with Crippen LogP contribution in [0.25, 0.3) is 5.69 Å². The number of hydrogen-bond donors (Lipinski definition) is 1. The molecular formula is C19H19BrN6O. The number of amides is 1. The SMILES string of the molecule is Cc1cc(NC(=O)c2ccc(-n3nc(C)c(Br)c3C)cc2)n(CCC#N)n1. The number of nitrogens with one attached hydrogen (secondary N) is 1. The maximum atomic E-state index is 12.6. The molecule has 3 aromatic rings. The van der Waals surface area contributed by atoms with Crippen molar-refractivity contribution in [3.8, 4) is 11.8 Å². The lowest BCUT2D eigenvalue weighted by Crippen LogP contribution is -2.16. The highest BCUT2D eigenvalue weighted by Crippen LogP contribution is 2.23. The molecule has 1 N–H and O–H groups in total. The molecule has 8 heteroatoms. The molecule has 0 unspecified atom stereocenters. The van der Waals surface area contributed by atoms with Crippen LogP contribution in [0.15, 0.2) is 34.8 Å². The Hall–Kier alpha value is -2.92. The van der Waals surface area contributed by atoms with Gasteiger partial charge < -0.3 is 5.32 Å². The van der Waals surface area contributed by atoms with Crippen molar-refractivity contribution < 1.29 is 4.79 Å². The van der Waals surface area contributed by atoms with Crippen molar-refractivity contribution in [3.63, 3.8) is 0 Å². The van der Waals surface area contributed by atoms with E-state index in [1.807, 2.05) is 37.6 Å². The van der Waals surface area contributed by atoms with Crippen LogP contribution in [-0.2, 0) is 6.54 Å². The molecule has 1 amide bonds. The zero-order valence-electron chi connectivity index (χ0n) is 15.3. The van der Waals surface area contributed by atoms with Crippen LogP contribution < -0.4 is 5.32 Å². The van der Waals surface area contributed by atoms with Crippen molar-refractivity contribution in [2.75, 3.05) is 5.32 Å². The molecule has 0 spiro atoms. The lowest BCUT2D eigenvalue weighted by molar-refractivity contribution is 0.102. The first-order chi connectivity index (χ1) is 12.9. The number of nitriles is 1. The van der Waals surface area contributed by atoms with Crippen LogP contribution in [0.4, 0.5) is 5.82 Å². The van der Waals surface area contributed by atoms with Crippen LogP contribution in [0.1, 0.15) is 33.9 Å². The molecule has 7 nitrogen and oxygen atoms in total. The molecule has 2 aromatic heterocycles. The summed E-state index contributed by atoms with van der Waals surface area (Å²) in [6, 6.07) is 11.1. The van der Waals surface area contributed by atoms with Gasteiger partial charge in [0.2, 0.25) is 0 Å². The van der Waals surface area contributed by atoms with E-state index in [9.17, 15) is 4.79 Å².